The van der Waals surface area contributed by atoms with Crippen LogP contribution in [-0.2, 0) is 4.74 Å². The Labute approximate surface area is 116 Å². The van der Waals surface area contributed by atoms with Gasteiger partial charge in [0, 0.05) is 6.04 Å². The van der Waals surface area contributed by atoms with Crippen LogP contribution < -0.4 is 5.32 Å². The maximum absolute atomic E-state index is 12.7. The molecule has 1 unspecified atom stereocenters. The Bertz CT molecular complexity index is 276. The molecule has 0 saturated heterocycles. The van der Waals surface area contributed by atoms with Crippen molar-refractivity contribution in [3.63, 3.8) is 0 Å². The average molecular weight is 303 g/mol. The SMILES string of the molecule is CCCNC(COCC(F)(F)C(F)(F)F)C1CCCC1. The molecule has 0 amide bonds. The van der Waals surface area contributed by atoms with E-state index in [9.17, 15) is 22.0 Å². The molecular weight excluding hydrogens is 281 g/mol. The molecule has 0 spiro atoms. The maximum atomic E-state index is 12.7. The van der Waals surface area contributed by atoms with E-state index in [0.717, 1.165) is 32.1 Å². The van der Waals surface area contributed by atoms with Gasteiger partial charge in [0.1, 0.15) is 6.61 Å². The Balaban J connectivity index is 2.41. The fourth-order valence-corrected chi connectivity index (χ4v) is 2.45. The number of rotatable bonds is 8. The molecule has 20 heavy (non-hydrogen) atoms. The van der Waals surface area contributed by atoms with Crippen molar-refractivity contribution in [3.8, 4) is 0 Å². The molecule has 0 aromatic heterocycles. The van der Waals surface area contributed by atoms with Crippen molar-refractivity contribution in [3.05, 3.63) is 0 Å². The lowest BCUT2D eigenvalue weighted by molar-refractivity contribution is -0.297. The van der Waals surface area contributed by atoms with Crippen LogP contribution in [0.2, 0.25) is 0 Å². The van der Waals surface area contributed by atoms with E-state index in [1.807, 2.05) is 6.92 Å². The zero-order chi connectivity index (χ0) is 15.2. The number of ether oxygens (including phenoxy) is 1. The maximum Gasteiger partial charge on any atom is 0.455 e. The van der Waals surface area contributed by atoms with Gasteiger partial charge in [-0.25, -0.2) is 0 Å². The van der Waals surface area contributed by atoms with E-state index in [0.29, 0.717) is 12.5 Å². The van der Waals surface area contributed by atoms with Gasteiger partial charge in [0.15, 0.2) is 0 Å². The summed E-state index contributed by atoms with van der Waals surface area (Å²) in [4.78, 5) is 0. The first kappa shape index (κ1) is 17.6. The molecule has 1 aliphatic rings. The molecule has 0 aliphatic heterocycles. The molecular formula is C13H22F5NO. The molecule has 1 rings (SSSR count). The molecule has 0 aromatic carbocycles. The van der Waals surface area contributed by atoms with E-state index in [4.69, 9.17) is 0 Å². The molecule has 2 nitrogen and oxygen atoms in total. The highest BCUT2D eigenvalue weighted by Gasteiger charge is 2.57. The van der Waals surface area contributed by atoms with E-state index < -0.39 is 18.7 Å². The van der Waals surface area contributed by atoms with Crippen molar-refractivity contribution < 1.29 is 26.7 Å². The Morgan fingerprint density at radius 1 is 1.15 bits per heavy atom. The second-order valence-corrected chi connectivity index (χ2v) is 5.32. The smallest absolute Gasteiger partial charge is 0.373 e. The van der Waals surface area contributed by atoms with Crippen molar-refractivity contribution >= 4 is 0 Å². The normalized spacial score (nSPS) is 19.5. The van der Waals surface area contributed by atoms with E-state index >= 15 is 0 Å². The van der Waals surface area contributed by atoms with Crippen LogP contribution >= 0.6 is 0 Å². The molecule has 1 atom stereocenters. The van der Waals surface area contributed by atoms with Crippen LogP contribution in [0.3, 0.4) is 0 Å². The van der Waals surface area contributed by atoms with Gasteiger partial charge in [-0.2, -0.15) is 22.0 Å². The van der Waals surface area contributed by atoms with Gasteiger partial charge in [0.25, 0.3) is 0 Å². The first-order valence-corrected chi connectivity index (χ1v) is 7.03. The van der Waals surface area contributed by atoms with E-state index in [1.165, 1.54) is 0 Å². The van der Waals surface area contributed by atoms with Crippen LogP contribution in [0.25, 0.3) is 0 Å². The van der Waals surface area contributed by atoms with Gasteiger partial charge in [-0.15, -0.1) is 0 Å². The molecule has 7 heteroatoms. The zero-order valence-electron chi connectivity index (χ0n) is 11.6. The summed E-state index contributed by atoms with van der Waals surface area (Å²) in [5, 5.41) is 3.19. The molecule has 0 bridgehead atoms. The van der Waals surface area contributed by atoms with Crippen molar-refractivity contribution in [2.45, 2.75) is 57.2 Å². The van der Waals surface area contributed by atoms with Crippen LogP contribution in [-0.4, -0.2) is 37.9 Å². The van der Waals surface area contributed by atoms with Gasteiger partial charge >= 0.3 is 12.1 Å². The summed E-state index contributed by atoms with van der Waals surface area (Å²) >= 11 is 0. The Hall–Kier alpha value is -0.430. The Morgan fingerprint density at radius 3 is 2.25 bits per heavy atom. The molecule has 1 aliphatic carbocycles. The van der Waals surface area contributed by atoms with Crippen LogP contribution in [0.1, 0.15) is 39.0 Å². The minimum Gasteiger partial charge on any atom is -0.373 e. The van der Waals surface area contributed by atoms with E-state index in [-0.39, 0.29) is 12.6 Å². The lowest BCUT2D eigenvalue weighted by Crippen LogP contribution is -2.44. The van der Waals surface area contributed by atoms with Crippen LogP contribution in [0.4, 0.5) is 22.0 Å². The van der Waals surface area contributed by atoms with Crippen LogP contribution in [0.5, 0.6) is 0 Å². The van der Waals surface area contributed by atoms with Crippen molar-refractivity contribution in [2.75, 3.05) is 19.8 Å². The predicted molar refractivity (Wildman–Crippen MR) is 65.9 cm³/mol. The van der Waals surface area contributed by atoms with Crippen molar-refractivity contribution in [2.24, 2.45) is 5.92 Å². The van der Waals surface area contributed by atoms with E-state index in [1.54, 1.807) is 0 Å². The zero-order valence-corrected chi connectivity index (χ0v) is 11.6. The standard InChI is InChI=1S/C13H22F5NO/c1-2-7-19-11(10-5-3-4-6-10)8-20-9-12(14,15)13(16,17)18/h10-11,19H,2-9H2,1H3. The van der Waals surface area contributed by atoms with E-state index in [2.05, 4.69) is 10.1 Å². The quantitative estimate of drug-likeness (QED) is 0.689. The van der Waals surface area contributed by atoms with Gasteiger partial charge in [-0.3, -0.25) is 0 Å². The molecule has 0 radical (unpaired) electrons. The Morgan fingerprint density at radius 2 is 1.75 bits per heavy atom. The highest BCUT2D eigenvalue weighted by atomic mass is 19.4. The fourth-order valence-electron chi connectivity index (χ4n) is 2.45. The number of alkyl halides is 5. The lowest BCUT2D eigenvalue weighted by atomic mass is 9.98. The van der Waals surface area contributed by atoms with Crippen LogP contribution in [0.15, 0.2) is 0 Å². The fraction of sp³-hybridized carbons (Fsp3) is 1.00. The second-order valence-electron chi connectivity index (χ2n) is 5.32. The summed E-state index contributed by atoms with van der Waals surface area (Å²) in [5.41, 5.74) is 0. The third-order valence-corrected chi connectivity index (χ3v) is 3.62. The topological polar surface area (TPSA) is 21.3 Å². The van der Waals surface area contributed by atoms with Crippen LogP contribution in [0, 0.1) is 5.92 Å². The molecule has 0 aromatic rings. The molecule has 1 fully saturated rings. The van der Waals surface area contributed by atoms with Gasteiger partial charge in [0.05, 0.1) is 6.61 Å². The van der Waals surface area contributed by atoms with Gasteiger partial charge in [0.2, 0.25) is 0 Å². The van der Waals surface area contributed by atoms with Gasteiger partial charge < -0.3 is 10.1 Å². The summed E-state index contributed by atoms with van der Waals surface area (Å²) in [6.45, 7) is 0.974. The van der Waals surface area contributed by atoms with Crippen molar-refractivity contribution in [1.82, 2.24) is 5.32 Å². The highest BCUT2D eigenvalue weighted by Crippen LogP contribution is 2.35. The number of nitrogens with one attached hydrogen (secondary N) is 1. The molecule has 1 saturated carbocycles. The minimum absolute atomic E-state index is 0.101. The summed E-state index contributed by atoms with van der Waals surface area (Å²) in [7, 11) is 0. The summed E-state index contributed by atoms with van der Waals surface area (Å²) in [6.07, 6.45) is -0.573. The monoisotopic (exact) mass is 303 g/mol. The third kappa shape index (κ3) is 5.16. The number of halogens is 5. The van der Waals surface area contributed by atoms with Crippen molar-refractivity contribution in [1.29, 1.82) is 0 Å². The second kappa shape index (κ2) is 7.54. The summed E-state index contributed by atoms with van der Waals surface area (Å²) in [5.74, 6) is -4.47. The first-order valence-electron chi connectivity index (χ1n) is 7.03. The molecule has 0 heterocycles. The highest BCUT2D eigenvalue weighted by molar-refractivity contribution is 4.81. The predicted octanol–water partition coefficient (Wildman–Crippen LogP) is 3.76. The molecule has 1 N–H and O–H groups in total. The minimum atomic E-state index is -5.55. The lowest BCUT2D eigenvalue weighted by Gasteiger charge is -2.26. The largest absolute Gasteiger partial charge is 0.455 e. The average Bonchev–Trinajstić information content (AvgIpc) is 2.85. The number of hydrogen-bond donors (Lipinski definition) is 1. The first-order chi connectivity index (χ1) is 9.28. The summed E-state index contributed by atoms with van der Waals surface area (Å²) in [6, 6.07) is -0.138. The summed E-state index contributed by atoms with van der Waals surface area (Å²) < 4.78 is 66.2. The van der Waals surface area contributed by atoms with Gasteiger partial charge in [-0.05, 0) is 31.7 Å². The molecule has 120 valence electrons. The number of hydrogen-bond acceptors (Lipinski definition) is 2. The van der Waals surface area contributed by atoms with Gasteiger partial charge in [-0.1, -0.05) is 19.8 Å². The Kier molecular flexibility index (Phi) is 6.64. The third-order valence-electron chi connectivity index (χ3n) is 3.62.